The van der Waals surface area contributed by atoms with Crippen LogP contribution in [0.5, 0.6) is 0 Å². The highest BCUT2D eigenvalue weighted by Gasteiger charge is 2.43. The number of nitrogens with zero attached hydrogens (tertiary/aromatic N) is 1. The molecule has 0 radical (unpaired) electrons. The minimum Gasteiger partial charge on any atom is -0.305 e. The van der Waals surface area contributed by atoms with Crippen molar-refractivity contribution in [2.45, 2.75) is 50.6 Å². The van der Waals surface area contributed by atoms with Crippen molar-refractivity contribution in [1.82, 2.24) is 10.3 Å². The Bertz CT molecular complexity index is 385. The molecule has 0 saturated heterocycles. The van der Waals surface area contributed by atoms with Crippen molar-refractivity contribution in [2.24, 2.45) is 17.8 Å². The zero-order valence-corrected chi connectivity index (χ0v) is 11.0. The maximum absolute atomic E-state index is 4.54. The normalized spacial score (nSPS) is 37.5. The van der Waals surface area contributed by atoms with Crippen molar-refractivity contribution >= 4 is 11.3 Å². The van der Waals surface area contributed by atoms with E-state index in [0.29, 0.717) is 6.04 Å². The van der Waals surface area contributed by atoms with E-state index in [1.54, 1.807) is 0 Å². The van der Waals surface area contributed by atoms with E-state index in [2.05, 4.69) is 15.7 Å². The van der Waals surface area contributed by atoms with E-state index >= 15 is 0 Å². The summed E-state index contributed by atoms with van der Waals surface area (Å²) < 4.78 is 0. The van der Waals surface area contributed by atoms with Gasteiger partial charge in [0.25, 0.3) is 0 Å². The first-order chi connectivity index (χ1) is 8.40. The van der Waals surface area contributed by atoms with E-state index in [9.17, 15) is 0 Å². The Hall–Kier alpha value is -0.410. The summed E-state index contributed by atoms with van der Waals surface area (Å²) in [4.78, 5) is 4.54. The van der Waals surface area contributed by atoms with E-state index in [0.717, 1.165) is 23.8 Å². The molecule has 0 unspecified atom stereocenters. The van der Waals surface area contributed by atoms with Crippen LogP contribution in [0.3, 0.4) is 0 Å². The molecular formula is C14H20N2S. The molecule has 2 bridgehead atoms. The lowest BCUT2D eigenvalue weighted by molar-refractivity contribution is 0.305. The van der Waals surface area contributed by atoms with Crippen LogP contribution in [0.25, 0.3) is 0 Å². The Morgan fingerprint density at radius 1 is 1.24 bits per heavy atom. The molecule has 0 aromatic carbocycles. The highest BCUT2D eigenvalue weighted by Crippen LogP contribution is 2.47. The van der Waals surface area contributed by atoms with Crippen molar-refractivity contribution in [3.63, 3.8) is 0 Å². The van der Waals surface area contributed by atoms with Crippen LogP contribution >= 0.6 is 11.3 Å². The number of thiazole rings is 1. The molecular weight excluding hydrogens is 228 g/mol. The second-order valence-electron chi connectivity index (χ2n) is 6.13. The van der Waals surface area contributed by atoms with E-state index in [1.165, 1.54) is 43.5 Å². The minimum atomic E-state index is 0.569. The number of fused-ring (bicyclic) bond motifs is 2. The van der Waals surface area contributed by atoms with Gasteiger partial charge in [-0.2, -0.15) is 0 Å². The van der Waals surface area contributed by atoms with E-state index in [-0.39, 0.29) is 0 Å². The average Bonchev–Trinajstić information content (AvgIpc) is 2.82. The number of aromatic nitrogens is 1. The lowest BCUT2D eigenvalue weighted by Gasteiger charge is -2.27. The smallest absolute Gasteiger partial charge is 0.110 e. The molecule has 4 rings (SSSR count). The maximum Gasteiger partial charge on any atom is 0.110 e. The molecule has 3 heteroatoms. The van der Waals surface area contributed by atoms with Crippen LogP contribution in [0.1, 0.15) is 49.6 Å². The lowest BCUT2D eigenvalue weighted by Crippen LogP contribution is -2.37. The van der Waals surface area contributed by atoms with Gasteiger partial charge in [-0.15, -0.1) is 11.3 Å². The van der Waals surface area contributed by atoms with Gasteiger partial charge >= 0.3 is 0 Å². The monoisotopic (exact) mass is 248 g/mol. The molecule has 1 aromatic heterocycles. The van der Waals surface area contributed by atoms with Crippen molar-refractivity contribution in [3.8, 4) is 0 Å². The van der Waals surface area contributed by atoms with Gasteiger partial charge in [0.15, 0.2) is 0 Å². The fourth-order valence-electron chi connectivity index (χ4n) is 3.91. The Kier molecular flexibility index (Phi) is 2.51. The Balaban J connectivity index is 1.49. The molecule has 0 aliphatic heterocycles. The first-order valence-corrected chi connectivity index (χ1v) is 7.93. The van der Waals surface area contributed by atoms with Gasteiger partial charge in [-0.3, -0.25) is 0 Å². The first-order valence-electron chi connectivity index (χ1n) is 7.05. The molecule has 1 heterocycles. The Morgan fingerprint density at radius 2 is 2.18 bits per heavy atom. The predicted octanol–water partition coefficient (Wildman–Crippen LogP) is 3.37. The molecule has 3 aliphatic rings. The second-order valence-corrected chi connectivity index (χ2v) is 7.06. The molecule has 3 saturated carbocycles. The topological polar surface area (TPSA) is 24.9 Å². The molecule has 4 atom stereocenters. The van der Waals surface area contributed by atoms with Crippen LogP contribution in [0, 0.1) is 17.8 Å². The maximum atomic E-state index is 4.54. The summed E-state index contributed by atoms with van der Waals surface area (Å²) in [7, 11) is 0. The standard InChI is InChI=1S/C14H20N2S/c1-2-11-7-9(1)8-12(11)16-13(10-3-4-10)14-15-5-6-17-14/h5-6,9-13,16H,1-4,7-8H2/t9-,11-,12+,13+/m0/s1. The summed E-state index contributed by atoms with van der Waals surface area (Å²) in [5.74, 6) is 2.88. The molecule has 0 amide bonds. The van der Waals surface area contributed by atoms with Gasteiger partial charge in [0.2, 0.25) is 0 Å². The fourth-order valence-corrected chi connectivity index (χ4v) is 4.70. The molecule has 0 spiro atoms. The van der Waals surface area contributed by atoms with Gasteiger partial charge in [0, 0.05) is 17.6 Å². The number of nitrogens with one attached hydrogen (secondary N) is 1. The van der Waals surface area contributed by atoms with Gasteiger partial charge in [-0.05, 0) is 49.9 Å². The molecule has 17 heavy (non-hydrogen) atoms. The number of hydrogen-bond acceptors (Lipinski definition) is 3. The van der Waals surface area contributed by atoms with Crippen molar-refractivity contribution < 1.29 is 0 Å². The van der Waals surface area contributed by atoms with Crippen LogP contribution in [-0.4, -0.2) is 11.0 Å². The van der Waals surface area contributed by atoms with E-state index in [1.807, 2.05) is 17.5 Å². The lowest BCUT2D eigenvalue weighted by atomic mass is 9.94. The third-order valence-electron chi connectivity index (χ3n) is 4.94. The largest absolute Gasteiger partial charge is 0.305 e. The Morgan fingerprint density at radius 3 is 2.76 bits per heavy atom. The van der Waals surface area contributed by atoms with Crippen molar-refractivity contribution in [2.75, 3.05) is 0 Å². The zero-order valence-electron chi connectivity index (χ0n) is 10.1. The fraction of sp³-hybridized carbons (Fsp3) is 0.786. The SMILES string of the molecule is c1csc([C@H](N[C@@H]2C[C@H]3CC[C@H]2C3)C2CC2)n1. The first kappa shape index (κ1) is 10.5. The zero-order chi connectivity index (χ0) is 11.2. The summed E-state index contributed by atoms with van der Waals surface area (Å²) in [6.07, 6.45) is 10.6. The van der Waals surface area contributed by atoms with Crippen LogP contribution in [0.4, 0.5) is 0 Å². The summed E-state index contributed by atoms with van der Waals surface area (Å²) in [6, 6.07) is 1.36. The average molecular weight is 248 g/mol. The Labute approximate surface area is 107 Å². The summed E-state index contributed by atoms with van der Waals surface area (Å²) in [5, 5.41) is 7.41. The van der Waals surface area contributed by atoms with Crippen LogP contribution in [-0.2, 0) is 0 Å². The molecule has 92 valence electrons. The van der Waals surface area contributed by atoms with Gasteiger partial charge < -0.3 is 5.32 Å². The molecule has 1 aromatic rings. The highest BCUT2D eigenvalue weighted by atomic mass is 32.1. The van der Waals surface area contributed by atoms with Crippen molar-refractivity contribution in [3.05, 3.63) is 16.6 Å². The predicted molar refractivity (Wildman–Crippen MR) is 70.0 cm³/mol. The third kappa shape index (κ3) is 1.93. The van der Waals surface area contributed by atoms with E-state index in [4.69, 9.17) is 0 Å². The van der Waals surface area contributed by atoms with E-state index < -0.39 is 0 Å². The molecule has 3 aliphatic carbocycles. The molecule has 1 N–H and O–H groups in total. The molecule has 2 nitrogen and oxygen atoms in total. The van der Waals surface area contributed by atoms with Crippen molar-refractivity contribution in [1.29, 1.82) is 0 Å². The number of hydrogen-bond donors (Lipinski definition) is 1. The van der Waals surface area contributed by atoms with Gasteiger partial charge in [-0.25, -0.2) is 4.98 Å². The van der Waals surface area contributed by atoms with Crippen LogP contribution in [0.2, 0.25) is 0 Å². The summed E-state index contributed by atoms with van der Waals surface area (Å²) in [6.45, 7) is 0. The van der Waals surface area contributed by atoms with Gasteiger partial charge in [-0.1, -0.05) is 6.42 Å². The van der Waals surface area contributed by atoms with Crippen LogP contribution in [0.15, 0.2) is 11.6 Å². The summed E-state index contributed by atoms with van der Waals surface area (Å²) in [5.41, 5.74) is 0. The van der Waals surface area contributed by atoms with Gasteiger partial charge in [0.1, 0.15) is 5.01 Å². The number of rotatable bonds is 4. The third-order valence-corrected chi connectivity index (χ3v) is 5.80. The molecule has 3 fully saturated rings. The quantitative estimate of drug-likeness (QED) is 0.883. The van der Waals surface area contributed by atoms with Gasteiger partial charge in [0.05, 0.1) is 6.04 Å². The summed E-state index contributed by atoms with van der Waals surface area (Å²) >= 11 is 1.83. The highest BCUT2D eigenvalue weighted by molar-refractivity contribution is 7.09. The van der Waals surface area contributed by atoms with Crippen LogP contribution < -0.4 is 5.32 Å². The minimum absolute atomic E-state index is 0.569. The second kappa shape index (κ2) is 4.06.